The van der Waals surface area contributed by atoms with Gasteiger partial charge >= 0.3 is 0 Å². The lowest BCUT2D eigenvalue weighted by molar-refractivity contribution is -0.141. The van der Waals surface area contributed by atoms with Crippen molar-refractivity contribution < 1.29 is 22.7 Å². The molecule has 1 fully saturated rings. The molecule has 1 aliphatic rings. The number of para-hydroxylation sites is 2. The van der Waals surface area contributed by atoms with Crippen LogP contribution in [0.25, 0.3) is 0 Å². The van der Waals surface area contributed by atoms with E-state index in [1.807, 2.05) is 49.4 Å². The highest BCUT2D eigenvalue weighted by molar-refractivity contribution is 7.92. The minimum atomic E-state index is -3.67. The molecular formula is C35H44ClN3O5S. The second kappa shape index (κ2) is 16.7. The van der Waals surface area contributed by atoms with Crippen LogP contribution in [0.1, 0.15) is 63.0 Å². The summed E-state index contributed by atoms with van der Waals surface area (Å²) in [6.07, 6.45) is 6.96. The summed E-state index contributed by atoms with van der Waals surface area (Å²) >= 11 is 6.31. The normalized spacial score (nSPS) is 14.4. The maximum absolute atomic E-state index is 14.1. The average molecular weight is 654 g/mol. The van der Waals surface area contributed by atoms with Crippen molar-refractivity contribution in [2.75, 3.05) is 23.7 Å². The van der Waals surface area contributed by atoms with Crippen LogP contribution in [0.3, 0.4) is 0 Å². The monoisotopic (exact) mass is 653 g/mol. The minimum absolute atomic E-state index is 0.0470. The fourth-order valence-corrected chi connectivity index (χ4v) is 7.04. The number of rotatable bonds is 15. The molecular weight excluding hydrogens is 610 g/mol. The lowest BCUT2D eigenvalue weighted by Gasteiger charge is -2.34. The van der Waals surface area contributed by atoms with Gasteiger partial charge in [-0.25, -0.2) is 8.42 Å². The van der Waals surface area contributed by atoms with Crippen molar-refractivity contribution >= 4 is 39.1 Å². The number of carbonyl (C=O) groups is 2. The molecule has 8 nitrogen and oxygen atoms in total. The second-order valence-electron chi connectivity index (χ2n) is 11.5. The Bertz CT molecular complexity index is 1510. The fraction of sp³-hybridized carbons (Fsp3) is 0.429. The zero-order valence-corrected chi connectivity index (χ0v) is 27.7. The van der Waals surface area contributed by atoms with Crippen molar-refractivity contribution in [1.29, 1.82) is 0 Å². The maximum atomic E-state index is 14.1. The quantitative estimate of drug-likeness (QED) is 0.206. The Morgan fingerprint density at radius 1 is 0.956 bits per heavy atom. The maximum Gasteiger partial charge on any atom is 0.243 e. The van der Waals surface area contributed by atoms with E-state index in [-0.39, 0.29) is 43.8 Å². The van der Waals surface area contributed by atoms with Gasteiger partial charge in [-0.1, -0.05) is 85.5 Å². The van der Waals surface area contributed by atoms with Gasteiger partial charge in [-0.2, -0.15) is 0 Å². The van der Waals surface area contributed by atoms with Crippen LogP contribution in [0.4, 0.5) is 5.69 Å². The van der Waals surface area contributed by atoms with Crippen molar-refractivity contribution in [2.24, 2.45) is 0 Å². The van der Waals surface area contributed by atoms with Crippen molar-refractivity contribution in [3.8, 4) is 5.75 Å². The van der Waals surface area contributed by atoms with E-state index in [2.05, 4.69) is 5.32 Å². The molecule has 2 amide bonds. The molecule has 0 spiro atoms. The molecule has 0 bridgehead atoms. The molecule has 3 aromatic carbocycles. The Kier molecular flexibility index (Phi) is 12.7. The number of ether oxygens (including phenoxy) is 1. The summed E-state index contributed by atoms with van der Waals surface area (Å²) in [7, 11) is -3.67. The number of hydrogen-bond acceptors (Lipinski definition) is 5. The van der Waals surface area contributed by atoms with Gasteiger partial charge < -0.3 is 15.0 Å². The molecule has 0 saturated heterocycles. The second-order valence-corrected chi connectivity index (χ2v) is 13.9. The molecule has 4 rings (SSSR count). The highest BCUT2D eigenvalue weighted by Gasteiger charge is 2.32. The van der Waals surface area contributed by atoms with Gasteiger partial charge in [0.15, 0.2) is 0 Å². The van der Waals surface area contributed by atoms with Gasteiger partial charge in [-0.05, 0) is 61.6 Å². The molecule has 1 atom stereocenters. The smallest absolute Gasteiger partial charge is 0.243 e. The number of amides is 2. The van der Waals surface area contributed by atoms with E-state index in [0.29, 0.717) is 29.5 Å². The van der Waals surface area contributed by atoms with E-state index >= 15 is 0 Å². The highest BCUT2D eigenvalue weighted by atomic mass is 35.5. The van der Waals surface area contributed by atoms with Crippen LogP contribution >= 0.6 is 11.6 Å². The highest BCUT2D eigenvalue weighted by Crippen LogP contribution is 2.30. The number of hydrogen-bond donors (Lipinski definition) is 1. The Morgan fingerprint density at radius 2 is 1.64 bits per heavy atom. The van der Waals surface area contributed by atoms with Crippen LogP contribution < -0.4 is 14.4 Å². The predicted octanol–water partition coefficient (Wildman–Crippen LogP) is 6.37. The Hall–Kier alpha value is -3.56. The topological polar surface area (TPSA) is 96.0 Å². The first-order valence-corrected chi connectivity index (χ1v) is 18.0. The number of benzene rings is 3. The third-order valence-electron chi connectivity index (χ3n) is 8.05. The van der Waals surface area contributed by atoms with Crippen molar-refractivity contribution in [2.45, 2.75) is 76.9 Å². The van der Waals surface area contributed by atoms with Crippen LogP contribution in [-0.2, 0) is 32.6 Å². The van der Waals surface area contributed by atoms with E-state index in [4.69, 9.17) is 16.3 Å². The van der Waals surface area contributed by atoms with Crippen LogP contribution in [0.15, 0.2) is 78.9 Å². The lowest BCUT2D eigenvalue weighted by atomic mass is 9.94. The molecule has 1 aliphatic carbocycles. The summed E-state index contributed by atoms with van der Waals surface area (Å²) in [4.78, 5) is 29.7. The number of anilines is 1. The third-order valence-corrected chi connectivity index (χ3v) is 9.47. The summed E-state index contributed by atoms with van der Waals surface area (Å²) in [6, 6.07) is 23.3. The zero-order valence-electron chi connectivity index (χ0n) is 26.2. The van der Waals surface area contributed by atoms with Gasteiger partial charge in [0.25, 0.3) is 0 Å². The summed E-state index contributed by atoms with van der Waals surface area (Å²) < 4.78 is 32.7. The zero-order chi connectivity index (χ0) is 32.2. The molecule has 3 aromatic rings. The summed E-state index contributed by atoms with van der Waals surface area (Å²) in [6.45, 7) is 2.50. The van der Waals surface area contributed by atoms with Crippen LogP contribution in [0, 0.1) is 0 Å². The van der Waals surface area contributed by atoms with E-state index in [1.54, 1.807) is 41.3 Å². The van der Waals surface area contributed by atoms with Crippen molar-refractivity contribution in [3.63, 3.8) is 0 Å². The van der Waals surface area contributed by atoms with Gasteiger partial charge in [-0.15, -0.1) is 0 Å². The van der Waals surface area contributed by atoms with Gasteiger partial charge in [0, 0.05) is 37.0 Å². The molecule has 0 aromatic heterocycles. The molecule has 0 heterocycles. The van der Waals surface area contributed by atoms with Crippen LogP contribution in [0.5, 0.6) is 5.75 Å². The minimum Gasteiger partial charge on any atom is -0.492 e. The molecule has 0 unspecified atom stereocenters. The number of nitrogens with one attached hydrogen (secondary N) is 1. The van der Waals surface area contributed by atoms with Gasteiger partial charge in [-0.3, -0.25) is 13.9 Å². The van der Waals surface area contributed by atoms with E-state index < -0.39 is 16.1 Å². The standard InChI is InChI=1S/C35H44ClN3O5S/c1-3-44-33-21-11-10-20-31(33)39(45(2,42)43)23-13-22-34(40)38(26-28-16-12-17-29(36)24-28)32(25-27-14-6-4-7-15-27)35(41)37-30-18-8-5-9-19-30/h4,6-7,10-12,14-17,20-21,24,30,32H,3,5,8-9,13,18-19,22-23,25-26H2,1-2H3,(H,37,41)/t32-/m1/s1. The van der Waals surface area contributed by atoms with Gasteiger partial charge in [0.05, 0.1) is 18.6 Å². The van der Waals surface area contributed by atoms with E-state index in [0.717, 1.165) is 43.1 Å². The van der Waals surface area contributed by atoms with Crippen molar-refractivity contribution in [3.05, 3.63) is 95.0 Å². The lowest BCUT2D eigenvalue weighted by Crippen LogP contribution is -2.52. The van der Waals surface area contributed by atoms with E-state index in [9.17, 15) is 18.0 Å². The SMILES string of the molecule is CCOc1ccccc1N(CCCC(=O)N(Cc1cccc(Cl)c1)[C@H](Cc1ccccc1)C(=O)NC1CCCCC1)S(C)(=O)=O. The first-order chi connectivity index (χ1) is 21.7. The number of sulfonamides is 1. The molecule has 242 valence electrons. The summed E-state index contributed by atoms with van der Waals surface area (Å²) in [5, 5.41) is 3.79. The largest absolute Gasteiger partial charge is 0.492 e. The van der Waals surface area contributed by atoms with Crippen LogP contribution in [-0.4, -0.2) is 56.6 Å². The average Bonchev–Trinajstić information content (AvgIpc) is 3.02. The predicted molar refractivity (Wildman–Crippen MR) is 180 cm³/mol. The Morgan fingerprint density at radius 3 is 2.33 bits per heavy atom. The molecule has 45 heavy (non-hydrogen) atoms. The van der Waals surface area contributed by atoms with Gasteiger partial charge in [0.1, 0.15) is 11.8 Å². The van der Waals surface area contributed by atoms with Gasteiger partial charge in [0.2, 0.25) is 21.8 Å². The molecule has 10 heteroatoms. The summed E-state index contributed by atoms with van der Waals surface area (Å²) in [5.74, 6) is 0.0485. The van der Waals surface area contributed by atoms with Crippen LogP contribution in [0.2, 0.25) is 5.02 Å². The number of nitrogens with zero attached hydrogens (tertiary/aromatic N) is 2. The fourth-order valence-electron chi connectivity index (χ4n) is 5.85. The first kappa shape index (κ1) is 34.3. The first-order valence-electron chi connectivity index (χ1n) is 15.7. The Balaban J connectivity index is 1.60. The molecule has 1 saturated carbocycles. The number of halogens is 1. The molecule has 0 aliphatic heterocycles. The number of carbonyl (C=O) groups excluding carboxylic acids is 2. The third kappa shape index (κ3) is 10.2. The van der Waals surface area contributed by atoms with E-state index in [1.165, 1.54) is 10.7 Å². The molecule has 0 radical (unpaired) electrons. The molecule has 1 N–H and O–H groups in total. The Labute approximate surface area is 272 Å². The van der Waals surface area contributed by atoms with Crippen molar-refractivity contribution in [1.82, 2.24) is 10.2 Å². The summed E-state index contributed by atoms with van der Waals surface area (Å²) in [5.41, 5.74) is 2.18.